The Kier molecular flexibility index (Phi) is 3.08. The van der Waals surface area contributed by atoms with Crippen LogP contribution in [-0.2, 0) is 4.79 Å². The van der Waals surface area contributed by atoms with E-state index >= 15 is 0 Å². The van der Waals surface area contributed by atoms with Gasteiger partial charge in [0.2, 0.25) is 0 Å². The van der Waals surface area contributed by atoms with E-state index in [1.165, 1.54) is 13.0 Å². The topological polar surface area (TPSA) is 57.5 Å². The quantitative estimate of drug-likeness (QED) is 0.797. The summed E-state index contributed by atoms with van der Waals surface area (Å²) in [6, 6.07) is 2.20. The van der Waals surface area contributed by atoms with Crippen molar-refractivity contribution in [3.63, 3.8) is 0 Å². The van der Waals surface area contributed by atoms with Crippen molar-refractivity contribution in [2.75, 3.05) is 0 Å². The van der Waals surface area contributed by atoms with Crippen molar-refractivity contribution >= 4 is 17.6 Å². The van der Waals surface area contributed by atoms with E-state index in [0.29, 0.717) is 0 Å². The van der Waals surface area contributed by atoms with E-state index in [-0.39, 0.29) is 16.1 Å². The molecule has 1 aromatic carbocycles. The van der Waals surface area contributed by atoms with Gasteiger partial charge in [-0.3, -0.25) is 0 Å². The smallest absolute Gasteiger partial charge is 0.337 e. The lowest BCUT2D eigenvalue weighted by molar-refractivity contribution is -0.146. The summed E-state index contributed by atoms with van der Waals surface area (Å²) in [5.74, 6) is -1.95. The molecule has 2 N–H and O–H groups in total. The minimum absolute atomic E-state index is 0.00179. The number of hydrogen-bond donors (Lipinski definition) is 2. The average Bonchev–Trinajstić information content (AvgIpc) is 2.10. The average molecular weight is 219 g/mol. The first-order valence-electron chi connectivity index (χ1n) is 3.80. The summed E-state index contributed by atoms with van der Waals surface area (Å²) in [6.07, 6.45) is -1.72. The predicted molar refractivity (Wildman–Crippen MR) is 48.7 cm³/mol. The zero-order valence-electron chi connectivity index (χ0n) is 7.29. The van der Waals surface area contributed by atoms with Gasteiger partial charge in [0, 0.05) is 10.6 Å². The van der Waals surface area contributed by atoms with Crippen LogP contribution in [0.1, 0.15) is 17.2 Å². The van der Waals surface area contributed by atoms with Crippen LogP contribution in [0.2, 0.25) is 5.02 Å². The van der Waals surface area contributed by atoms with Gasteiger partial charge in [-0.05, 0) is 24.6 Å². The molecule has 14 heavy (non-hydrogen) atoms. The summed E-state index contributed by atoms with van der Waals surface area (Å²) in [5, 5.41) is 17.6. The number of hydrogen-bond acceptors (Lipinski definition) is 2. The molecule has 0 aliphatic heterocycles. The number of aliphatic hydroxyl groups excluding tert-OH is 1. The van der Waals surface area contributed by atoms with Crippen LogP contribution in [0.5, 0.6) is 0 Å². The van der Waals surface area contributed by atoms with Crippen molar-refractivity contribution < 1.29 is 19.4 Å². The van der Waals surface area contributed by atoms with Gasteiger partial charge in [0.1, 0.15) is 5.82 Å². The summed E-state index contributed by atoms with van der Waals surface area (Å²) in [7, 11) is 0. The number of halogens is 2. The molecule has 0 aliphatic carbocycles. The lowest BCUT2D eigenvalue weighted by Crippen LogP contribution is -2.11. The van der Waals surface area contributed by atoms with Crippen LogP contribution in [0.25, 0.3) is 0 Å². The Hall–Kier alpha value is -1.13. The van der Waals surface area contributed by atoms with Gasteiger partial charge in [0.15, 0.2) is 6.10 Å². The minimum atomic E-state index is -1.72. The molecule has 5 heteroatoms. The highest BCUT2D eigenvalue weighted by atomic mass is 35.5. The standard InChI is InChI=1S/C9H8ClFO3/c1-4-2-5(8(12)9(13)14)6(10)3-7(4)11/h2-3,8,12H,1H3,(H,13,14). The van der Waals surface area contributed by atoms with Crippen LogP contribution >= 0.6 is 11.6 Å². The first-order valence-corrected chi connectivity index (χ1v) is 4.17. The zero-order valence-corrected chi connectivity index (χ0v) is 8.05. The summed E-state index contributed by atoms with van der Waals surface area (Å²) >= 11 is 5.58. The second-order valence-corrected chi connectivity index (χ2v) is 3.27. The lowest BCUT2D eigenvalue weighted by Gasteiger charge is -2.09. The van der Waals surface area contributed by atoms with Crippen LogP contribution in [0.15, 0.2) is 12.1 Å². The highest BCUT2D eigenvalue weighted by molar-refractivity contribution is 6.31. The van der Waals surface area contributed by atoms with E-state index in [9.17, 15) is 14.3 Å². The van der Waals surface area contributed by atoms with Crippen LogP contribution in [-0.4, -0.2) is 16.2 Å². The fourth-order valence-corrected chi connectivity index (χ4v) is 1.28. The van der Waals surface area contributed by atoms with Crippen molar-refractivity contribution in [2.45, 2.75) is 13.0 Å². The predicted octanol–water partition coefficient (Wildman–Crippen LogP) is 1.91. The van der Waals surface area contributed by atoms with Crippen LogP contribution in [0, 0.1) is 12.7 Å². The fraction of sp³-hybridized carbons (Fsp3) is 0.222. The summed E-state index contributed by atoms with van der Waals surface area (Å²) in [6.45, 7) is 1.46. The van der Waals surface area contributed by atoms with Crippen LogP contribution in [0.3, 0.4) is 0 Å². The van der Waals surface area contributed by atoms with Crippen molar-refractivity contribution in [1.82, 2.24) is 0 Å². The molecule has 0 spiro atoms. The van der Waals surface area contributed by atoms with E-state index in [0.717, 1.165) is 6.07 Å². The van der Waals surface area contributed by atoms with Gasteiger partial charge < -0.3 is 10.2 Å². The number of carbonyl (C=O) groups is 1. The SMILES string of the molecule is Cc1cc(C(O)C(=O)O)c(Cl)cc1F. The normalized spacial score (nSPS) is 12.6. The van der Waals surface area contributed by atoms with Crippen molar-refractivity contribution in [3.05, 3.63) is 34.1 Å². The van der Waals surface area contributed by atoms with E-state index in [1.54, 1.807) is 0 Å². The van der Waals surface area contributed by atoms with Gasteiger partial charge in [-0.15, -0.1) is 0 Å². The minimum Gasteiger partial charge on any atom is -0.479 e. The molecule has 0 saturated carbocycles. The number of benzene rings is 1. The maximum atomic E-state index is 12.9. The summed E-state index contributed by atoms with van der Waals surface area (Å²) < 4.78 is 12.9. The van der Waals surface area contributed by atoms with E-state index in [2.05, 4.69) is 0 Å². The molecule has 1 rings (SSSR count). The molecular formula is C9H8ClFO3. The first-order chi connectivity index (χ1) is 6.43. The molecule has 1 aromatic rings. The summed E-state index contributed by atoms with van der Waals surface area (Å²) in [4.78, 5) is 10.4. The highest BCUT2D eigenvalue weighted by Gasteiger charge is 2.20. The van der Waals surface area contributed by atoms with Gasteiger partial charge in [0.25, 0.3) is 0 Å². The number of carboxylic acid groups (broad SMARTS) is 1. The number of aliphatic hydroxyl groups is 1. The third-order valence-corrected chi connectivity index (χ3v) is 2.13. The molecule has 0 saturated heterocycles. The first kappa shape index (κ1) is 10.9. The monoisotopic (exact) mass is 218 g/mol. The molecule has 1 unspecified atom stereocenters. The van der Waals surface area contributed by atoms with Crippen molar-refractivity contribution in [2.24, 2.45) is 0 Å². The van der Waals surface area contributed by atoms with Crippen LogP contribution < -0.4 is 0 Å². The highest BCUT2D eigenvalue weighted by Crippen LogP contribution is 2.26. The Balaban J connectivity index is 3.22. The molecule has 1 atom stereocenters. The van der Waals surface area contributed by atoms with E-state index in [1.807, 2.05) is 0 Å². The molecule has 0 heterocycles. The molecule has 3 nitrogen and oxygen atoms in total. The zero-order chi connectivity index (χ0) is 10.9. The van der Waals surface area contributed by atoms with Gasteiger partial charge in [-0.1, -0.05) is 11.6 Å². The Bertz CT molecular complexity index is 379. The second-order valence-electron chi connectivity index (χ2n) is 2.86. The Morgan fingerprint density at radius 1 is 1.57 bits per heavy atom. The largest absolute Gasteiger partial charge is 0.479 e. The molecule has 0 fully saturated rings. The van der Waals surface area contributed by atoms with Gasteiger partial charge in [0.05, 0.1) is 0 Å². The number of aryl methyl sites for hydroxylation is 1. The van der Waals surface area contributed by atoms with Gasteiger partial charge in [-0.2, -0.15) is 0 Å². The molecule has 76 valence electrons. The molecule has 0 radical (unpaired) electrons. The van der Waals surface area contributed by atoms with Crippen molar-refractivity contribution in [1.29, 1.82) is 0 Å². The third kappa shape index (κ3) is 2.02. The number of carboxylic acids is 1. The Morgan fingerprint density at radius 2 is 2.14 bits per heavy atom. The molecule has 0 aromatic heterocycles. The molecular weight excluding hydrogens is 211 g/mol. The Morgan fingerprint density at radius 3 is 2.64 bits per heavy atom. The van der Waals surface area contributed by atoms with Gasteiger partial charge in [-0.25, -0.2) is 9.18 Å². The maximum absolute atomic E-state index is 12.9. The Labute approximate surface area is 84.7 Å². The number of aliphatic carboxylic acids is 1. The third-order valence-electron chi connectivity index (χ3n) is 1.81. The molecule has 0 aliphatic rings. The van der Waals surface area contributed by atoms with E-state index < -0.39 is 17.9 Å². The molecule has 0 bridgehead atoms. The molecule has 0 amide bonds. The van der Waals surface area contributed by atoms with Crippen LogP contribution in [0.4, 0.5) is 4.39 Å². The number of rotatable bonds is 2. The van der Waals surface area contributed by atoms with Gasteiger partial charge >= 0.3 is 5.97 Å². The summed E-state index contributed by atoms with van der Waals surface area (Å²) in [5.41, 5.74) is 0.239. The lowest BCUT2D eigenvalue weighted by atomic mass is 10.1. The van der Waals surface area contributed by atoms with Crippen molar-refractivity contribution in [3.8, 4) is 0 Å². The maximum Gasteiger partial charge on any atom is 0.337 e. The fourth-order valence-electron chi connectivity index (χ4n) is 1.02. The van der Waals surface area contributed by atoms with E-state index in [4.69, 9.17) is 16.7 Å². The second kappa shape index (κ2) is 3.94.